The summed E-state index contributed by atoms with van der Waals surface area (Å²) >= 11 is 0. The smallest absolute Gasteiger partial charge is 0.338 e. The summed E-state index contributed by atoms with van der Waals surface area (Å²) < 4.78 is 41.9. The van der Waals surface area contributed by atoms with E-state index in [2.05, 4.69) is 14.7 Å². The number of hydrogen-bond donors (Lipinski definition) is 0. The Morgan fingerprint density at radius 1 is 1.27 bits per heavy atom. The highest BCUT2D eigenvalue weighted by Crippen LogP contribution is 2.31. The SMILES string of the molecule is CC(C)C(=O)N(Cc1ccc(-c2noc(C(F)(F)F)n2)cc1)CC1CC1. The molecule has 1 aromatic carbocycles. The summed E-state index contributed by atoms with van der Waals surface area (Å²) in [5, 5.41) is 3.37. The number of carbonyl (C=O) groups excluding carboxylic acids is 1. The molecule has 5 nitrogen and oxygen atoms in total. The van der Waals surface area contributed by atoms with Crippen molar-refractivity contribution in [3.05, 3.63) is 35.7 Å². The zero-order chi connectivity index (χ0) is 18.9. The Morgan fingerprint density at radius 2 is 1.92 bits per heavy atom. The van der Waals surface area contributed by atoms with E-state index in [0.29, 0.717) is 18.0 Å². The van der Waals surface area contributed by atoms with E-state index in [1.807, 2.05) is 18.7 Å². The summed E-state index contributed by atoms with van der Waals surface area (Å²) in [6, 6.07) is 6.81. The lowest BCUT2D eigenvalue weighted by Gasteiger charge is -2.24. The molecular formula is C18H20F3N3O2. The fraction of sp³-hybridized carbons (Fsp3) is 0.500. The zero-order valence-corrected chi connectivity index (χ0v) is 14.6. The van der Waals surface area contributed by atoms with E-state index in [1.54, 1.807) is 24.3 Å². The molecule has 8 heteroatoms. The standard InChI is InChI=1S/C18H20F3N3O2/c1-11(2)16(25)24(9-12-3-4-12)10-13-5-7-14(8-6-13)15-22-17(26-23-15)18(19,20)21/h5-8,11-12H,3-4,9-10H2,1-2H3. The minimum atomic E-state index is -4.66. The highest BCUT2D eigenvalue weighted by Gasteiger charge is 2.38. The number of carbonyl (C=O) groups is 1. The first kappa shape index (κ1) is 18.4. The van der Waals surface area contributed by atoms with E-state index in [4.69, 9.17) is 0 Å². The molecule has 0 unspecified atom stereocenters. The molecule has 0 aliphatic heterocycles. The molecule has 0 atom stereocenters. The first-order valence-corrected chi connectivity index (χ1v) is 8.53. The molecular weight excluding hydrogens is 347 g/mol. The van der Waals surface area contributed by atoms with E-state index >= 15 is 0 Å². The molecule has 3 rings (SSSR count). The Kier molecular flexibility index (Phi) is 5.02. The van der Waals surface area contributed by atoms with Crippen LogP contribution in [-0.2, 0) is 17.5 Å². The molecule has 2 aromatic rings. The van der Waals surface area contributed by atoms with Gasteiger partial charge >= 0.3 is 12.1 Å². The first-order valence-electron chi connectivity index (χ1n) is 8.53. The van der Waals surface area contributed by atoms with E-state index in [9.17, 15) is 18.0 Å². The predicted octanol–water partition coefficient (Wildman–Crippen LogP) is 4.15. The average Bonchev–Trinajstić information content (AvgIpc) is 3.24. The number of halogens is 3. The Labute approximate surface area is 149 Å². The monoisotopic (exact) mass is 367 g/mol. The number of nitrogens with zero attached hydrogens (tertiary/aromatic N) is 3. The van der Waals surface area contributed by atoms with Gasteiger partial charge in [-0.2, -0.15) is 18.2 Å². The van der Waals surface area contributed by atoms with Crippen molar-refractivity contribution in [1.29, 1.82) is 0 Å². The lowest BCUT2D eigenvalue weighted by molar-refractivity contribution is -0.159. The topological polar surface area (TPSA) is 59.2 Å². The Balaban J connectivity index is 1.71. The highest BCUT2D eigenvalue weighted by molar-refractivity contribution is 5.78. The van der Waals surface area contributed by atoms with Crippen LogP contribution in [0.25, 0.3) is 11.4 Å². The van der Waals surface area contributed by atoms with Crippen LogP contribution >= 0.6 is 0 Å². The zero-order valence-electron chi connectivity index (χ0n) is 14.6. The van der Waals surface area contributed by atoms with Crippen LogP contribution in [0.1, 0.15) is 38.1 Å². The molecule has 140 valence electrons. The minimum Gasteiger partial charge on any atom is -0.338 e. The van der Waals surface area contributed by atoms with Crippen LogP contribution in [-0.4, -0.2) is 27.5 Å². The van der Waals surface area contributed by atoms with E-state index in [0.717, 1.165) is 24.9 Å². The quantitative estimate of drug-likeness (QED) is 0.770. The van der Waals surface area contributed by atoms with E-state index < -0.39 is 12.1 Å². The third kappa shape index (κ3) is 4.42. The summed E-state index contributed by atoms with van der Waals surface area (Å²) in [6.45, 7) is 4.98. The molecule has 1 saturated carbocycles. The molecule has 0 spiro atoms. The molecule has 0 radical (unpaired) electrons. The van der Waals surface area contributed by atoms with Crippen molar-refractivity contribution in [1.82, 2.24) is 15.0 Å². The van der Waals surface area contributed by atoms with Gasteiger partial charge in [-0.3, -0.25) is 4.79 Å². The van der Waals surface area contributed by atoms with Gasteiger partial charge in [-0.25, -0.2) is 0 Å². The Bertz CT molecular complexity index is 765. The van der Waals surface area contributed by atoms with Crippen molar-refractivity contribution in [2.24, 2.45) is 11.8 Å². The fourth-order valence-corrected chi connectivity index (χ4v) is 2.65. The molecule has 1 aliphatic carbocycles. The van der Waals surface area contributed by atoms with Gasteiger partial charge in [0.2, 0.25) is 11.7 Å². The van der Waals surface area contributed by atoms with Gasteiger partial charge < -0.3 is 9.42 Å². The van der Waals surface area contributed by atoms with Crippen molar-refractivity contribution in [3.63, 3.8) is 0 Å². The van der Waals surface area contributed by atoms with Crippen molar-refractivity contribution >= 4 is 5.91 Å². The molecule has 1 fully saturated rings. The highest BCUT2D eigenvalue weighted by atomic mass is 19.4. The average molecular weight is 367 g/mol. The normalized spacial score (nSPS) is 14.7. The minimum absolute atomic E-state index is 0.0758. The van der Waals surface area contributed by atoms with Gasteiger partial charge in [0.1, 0.15) is 0 Å². The van der Waals surface area contributed by atoms with Gasteiger partial charge in [-0.1, -0.05) is 43.3 Å². The summed E-state index contributed by atoms with van der Waals surface area (Å²) in [5.41, 5.74) is 1.33. The van der Waals surface area contributed by atoms with Crippen molar-refractivity contribution in [2.45, 2.75) is 39.4 Å². The van der Waals surface area contributed by atoms with Crippen molar-refractivity contribution in [3.8, 4) is 11.4 Å². The Hall–Kier alpha value is -2.38. The second-order valence-corrected chi connectivity index (χ2v) is 6.93. The number of benzene rings is 1. The molecule has 1 amide bonds. The van der Waals surface area contributed by atoms with Gasteiger partial charge in [-0.05, 0) is 24.3 Å². The van der Waals surface area contributed by atoms with Gasteiger partial charge in [0, 0.05) is 24.6 Å². The van der Waals surface area contributed by atoms with Crippen LogP contribution in [0.15, 0.2) is 28.8 Å². The van der Waals surface area contributed by atoms with Gasteiger partial charge in [0.05, 0.1) is 0 Å². The number of rotatable bonds is 6. The number of alkyl halides is 3. The molecule has 1 aromatic heterocycles. The second kappa shape index (κ2) is 7.09. The number of aromatic nitrogens is 2. The van der Waals surface area contributed by atoms with Crippen LogP contribution < -0.4 is 0 Å². The lowest BCUT2D eigenvalue weighted by atomic mass is 10.1. The molecule has 0 N–H and O–H groups in total. The van der Waals surface area contributed by atoms with Gasteiger partial charge in [0.25, 0.3) is 0 Å². The van der Waals surface area contributed by atoms with Crippen LogP contribution in [0.2, 0.25) is 0 Å². The van der Waals surface area contributed by atoms with Crippen LogP contribution in [0, 0.1) is 11.8 Å². The number of amides is 1. The summed E-state index contributed by atoms with van der Waals surface area (Å²) in [7, 11) is 0. The molecule has 0 bridgehead atoms. The maximum Gasteiger partial charge on any atom is 0.471 e. The maximum absolute atomic E-state index is 12.5. The number of hydrogen-bond acceptors (Lipinski definition) is 4. The van der Waals surface area contributed by atoms with Crippen LogP contribution in [0.3, 0.4) is 0 Å². The van der Waals surface area contributed by atoms with Gasteiger partial charge in [0.15, 0.2) is 0 Å². The second-order valence-electron chi connectivity index (χ2n) is 6.93. The maximum atomic E-state index is 12.5. The van der Waals surface area contributed by atoms with Crippen LogP contribution in [0.5, 0.6) is 0 Å². The van der Waals surface area contributed by atoms with Crippen LogP contribution in [0.4, 0.5) is 13.2 Å². The lowest BCUT2D eigenvalue weighted by Crippen LogP contribution is -2.35. The summed E-state index contributed by atoms with van der Waals surface area (Å²) in [6.07, 6.45) is -2.36. The third-order valence-electron chi connectivity index (χ3n) is 4.24. The van der Waals surface area contributed by atoms with E-state index in [-0.39, 0.29) is 17.6 Å². The largest absolute Gasteiger partial charge is 0.471 e. The Morgan fingerprint density at radius 3 is 2.42 bits per heavy atom. The fourth-order valence-electron chi connectivity index (χ4n) is 2.65. The summed E-state index contributed by atoms with van der Waals surface area (Å²) in [4.78, 5) is 17.6. The molecule has 1 aliphatic rings. The predicted molar refractivity (Wildman–Crippen MR) is 87.7 cm³/mol. The molecule has 26 heavy (non-hydrogen) atoms. The van der Waals surface area contributed by atoms with Crippen molar-refractivity contribution in [2.75, 3.05) is 6.54 Å². The third-order valence-corrected chi connectivity index (χ3v) is 4.24. The first-order chi connectivity index (χ1) is 12.2. The molecule has 1 heterocycles. The van der Waals surface area contributed by atoms with Crippen molar-refractivity contribution < 1.29 is 22.5 Å². The van der Waals surface area contributed by atoms with Gasteiger partial charge in [-0.15, -0.1) is 0 Å². The summed E-state index contributed by atoms with van der Waals surface area (Å²) in [5.74, 6) is -0.870. The molecule has 0 saturated heterocycles. The van der Waals surface area contributed by atoms with E-state index in [1.165, 1.54) is 0 Å².